The Morgan fingerprint density at radius 1 is 0.500 bits per heavy atom. The molecule has 10 heavy (non-hydrogen) atoms. The van der Waals surface area contributed by atoms with Crippen molar-refractivity contribution < 1.29 is 0 Å². The summed E-state index contributed by atoms with van der Waals surface area (Å²) in [5.41, 5.74) is 0. The van der Waals surface area contributed by atoms with Crippen molar-refractivity contribution in [1.82, 2.24) is 0 Å². The van der Waals surface area contributed by atoms with Gasteiger partial charge >= 0.3 is 0 Å². The summed E-state index contributed by atoms with van der Waals surface area (Å²) < 4.78 is 0. The van der Waals surface area contributed by atoms with Crippen LogP contribution in [-0.2, 0) is 0 Å². The Labute approximate surface area is 62.3 Å². The minimum absolute atomic E-state index is 1.15. The third kappa shape index (κ3) is 3.08. The molecule has 0 N–H and O–H groups in total. The van der Waals surface area contributed by atoms with Gasteiger partial charge in [-0.25, -0.2) is 0 Å². The fraction of sp³-hybridized carbons (Fsp3) is 0.200. The minimum atomic E-state index is 1.15. The molecule has 0 unspecified atom stereocenters. The van der Waals surface area contributed by atoms with E-state index < -0.39 is 0 Å². The van der Waals surface area contributed by atoms with Crippen molar-refractivity contribution in [2.24, 2.45) is 0 Å². The maximum absolute atomic E-state index is 2.18. The van der Waals surface area contributed by atoms with Crippen LogP contribution in [0.4, 0.5) is 0 Å². The van der Waals surface area contributed by atoms with Gasteiger partial charge in [0.25, 0.3) is 0 Å². The van der Waals surface area contributed by atoms with E-state index in [-0.39, 0.29) is 0 Å². The Bertz CT molecular complexity index is 158. The van der Waals surface area contributed by atoms with E-state index in [0.29, 0.717) is 0 Å². The van der Waals surface area contributed by atoms with E-state index in [9.17, 15) is 0 Å². The van der Waals surface area contributed by atoms with Crippen LogP contribution in [0, 0.1) is 0 Å². The van der Waals surface area contributed by atoms with Gasteiger partial charge < -0.3 is 0 Å². The van der Waals surface area contributed by atoms with Gasteiger partial charge in [-0.3, -0.25) is 0 Å². The number of allylic oxidation sites excluding steroid dienone is 8. The number of hydrogen-bond acceptors (Lipinski definition) is 0. The maximum Gasteiger partial charge on any atom is -0.0313 e. The number of rotatable bonds is 0. The molecule has 0 aromatic rings. The molecule has 52 valence electrons. The van der Waals surface area contributed by atoms with Crippen molar-refractivity contribution in [2.75, 3.05) is 0 Å². The van der Waals surface area contributed by atoms with Crippen LogP contribution >= 0.6 is 0 Å². The SMILES string of the molecule is C1=C\C=C\CC\C=C\C=C/1. The molecule has 0 saturated carbocycles. The zero-order chi connectivity index (χ0) is 7.07. The summed E-state index contributed by atoms with van der Waals surface area (Å²) >= 11 is 0. The second-order valence-corrected chi connectivity index (χ2v) is 2.20. The first-order valence-electron chi connectivity index (χ1n) is 3.65. The van der Waals surface area contributed by atoms with Crippen LogP contribution in [-0.4, -0.2) is 0 Å². The lowest BCUT2D eigenvalue weighted by atomic mass is 10.2. The van der Waals surface area contributed by atoms with E-state index in [2.05, 4.69) is 36.5 Å². The predicted octanol–water partition coefficient (Wildman–Crippen LogP) is 3.01. The van der Waals surface area contributed by atoms with Crippen molar-refractivity contribution in [2.45, 2.75) is 12.8 Å². The van der Waals surface area contributed by atoms with Gasteiger partial charge in [0.2, 0.25) is 0 Å². The molecule has 0 heteroatoms. The summed E-state index contributed by atoms with van der Waals surface area (Å²) in [5, 5.41) is 0. The monoisotopic (exact) mass is 132 g/mol. The topological polar surface area (TPSA) is 0 Å². The lowest BCUT2D eigenvalue weighted by Gasteiger charge is -1.85. The zero-order valence-corrected chi connectivity index (χ0v) is 6.03. The highest BCUT2D eigenvalue weighted by Crippen LogP contribution is 1.95. The van der Waals surface area contributed by atoms with Crippen LogP contribution in [0.25, 0.3) is 0 Å². The second-order valence-electron chi connectivity index (χ2n) is 2.20. The quantitative estimate of drug-likeness (QED) is 0.475. The Morgan fingerprint density at radius 3 is 1.40 bits per heavy atom. The normalized spacial score (nSPS) is 30.4. The molecule has 0 atom stereocenters. The minimum Gasteiger partial charge on any atom is -0.0842 e. The van der Waals surface area contributed by atoms with Crippen molar-refractivity contribution in [3.05, 3.63) is 48.6 Å². The molecule has 0 heterocycles. The van der Waals surface area contributed by atoms with Gasteiger partial charge in [0.05, 0.1) is 0 Å². The third-order valence-corrected chi connectivity index (χ3v) is 1.33. The summed E-state index contributed by atoms with van der Waals surface area (Å²) in [6, 6.07) is 0. The third-order valence-electron chi connectivity index (χ3n) is 1.33. The van der Waals surface area contributed by atoms with Crippen molar-refractivity contribution >= 4 is 0 Å². The van der Waals surface area contributed by atoms with Gasteiger partial charge in [0.1, 0.15) is 0 Å². The van der Waals surface area contributed by atoms with Gasteiger partial charge in [-0.15, -0.1) is 0 Å². The number of hydrogen-bond donors (Lipinski definition) is 0. The van der Waals surface area contributed by atoms with Crippen LogP contribution in [0.1, 0.15) is 12.8 Å². The van der Waals surface area contributed by atoms with Crippen LogP contribution < -0.4 is 0 Å². The molecular formula is C10H12. The van der Waals surface area contributed by atoms with Crippen LogP contribution in [0.2, 0.25) is 0 Å². The molecule has 1 aliphatic carbocycles. The lowest BCUT2D eigenvalue weighted by molar-refractivity contribution is 1.05. The highest BCUT2D eigenvalue weighted by Gasteiger charge is 1.74. The average molecular weight is 132 g/mol. The summed E-state index contributed by atoms with van der Waals surface area (Å²) in [6.45, 7) is 0. The smallest absolute Gasteiger partial charge is 0.0313 e. The van der Waals surface area contributed by atoms with E-state index in [0.717, 1.165) is 12.8 Å². The summed E-state index contributed by atoms with van der Waals surface area (Å²) in [6.07, 6.45) is 19.0. The lowest BCUT2D eigenvalue weighted by Crippen LogP contribution is -1.64. The molecule has 0 spiro atoms. The predicted molar refractivity (Wildman–Crippen MR) is 45.8 cm³/mol. The highest BCUT2D eigenvalue weighted by atomic mass is 13.8. The molecule has 0 saturated heterocycles. The summed E-state index contributed by atoms with van der Waals surface area (Å²) in [7, 11) is 0. The molecule has 1 rings (SSSR count). The second kappa shape index (κ2) is 4.80. The molecule has 0 nitrogen and oxygen atoms in total. The standard InChI is InChI=1S/C10H12/c1-2-4-6-8-10-9-7-5-3-1/h1-8H,9-10H2/b3-1-,4-2-,7-5+,8-6+. The van der Waals surface area contributed by atoms with E-state index in [4.69, 9.17) is 0 Å². The van der Waals surface area contributed by atoms with Gasteiger partial charge in [-0.2, -0.15) is 0 Å². The van der Waals surface area contributed by atoms with Crippen LogP contribution in [0.5, 0.6) is 0 Å². The average Bonchev–Trinajstić information content (AvgIpc) is 2.01. The van der Waals surface area contributed by atoms with Crippen LogP contribution in [0.15, 0.2) is 48.6 Å². The molecule has 0 aromatic carbocycles. The highest BCUT2D eigenvalue weighted by molar-refractivity contribution is 5.16. The Morgan fingerprint density at radius 2 is 0.900 bits per heavy atom. The van der Waals surface area contributed by atoms with Gasteiger partial charge in [-0.1, -0.05) is 48.6 Å². The van der Waals surface area contributed by atoms with Gasteiger partial charge in [0, 0.05) is 0 Å². The van der Waals surface area contributed by atoms with E-state index in [1.165, 1.54) is 0 Å². The van der Waals surface area contributed by atoms with E-state index in [1.807, 2.05) is 12.2 Å². The molecular weight excluding hydrogens is 120 g/mol. The molecule has 0 fully saturated rings. The van der Waals surface area contributed by atoms with Gasteiger partial charge in [-0.05, 0) is 12.8 Å². The first kappa shape index (κ1) is 7.07. The molecule has 0 aliphatic heterocycles. The van der Waals surface area contributed by atoms with Crippen molar-refractivity contribution in [1.29, 1.82) is 0 Å². The maximum atomic E-state index is 2.18. The van der Waals surface area contributed by atoms with E-state index in [1.54, 1.807) is 0 Å². The molecule has 1 aliphatic rings. The molecule has 0 radical (unpaired) electrons. The van der Waals surface area contributed by atoms with Crippen molar-refractivity contribution in [3.8, 4) is 0 Å². The Kier molecular flexibility index (Phi) is 3.40. The molecule has 0 aromatic heterocycles. The fourth-order valence-corrected chi connectivity index (χ4v) is 0.799. The van der Waals surface area contributed by atoms with Crippen LogP contribution in [0.3, 0.4) is 0 Å². The molecule has 0 bridgehead atoms. The molecule has 0 amide bonds. The Hall–Kier alpha value is -1.04. The summed E-state index contributed by atoms with van der Waals surface area (Å²) in [5.74, 6) is 0. The van der Waals surface area contributed by atoms with E-state index >= 15 is 0 Å². The first-order valence-corrected chi connectivity index (χ1v) is 3.65. The Balaban J connectivity index is 2.53. The fourth-order valence-electron chi connectivity index (χ4n) is 0.799. The first-order chi connectivity index (χ1) is 5.00. The van der Waals surface area contributed by atoms with Crippen molar-refractivity contribution in [3.63, 3.8) is 0 Å². The summed E-state index contributed by atoms with van der Waals surface area (Å²) in [4.78, 5) is 0. The zero-order valence-electron chi connectivity index (χ0n) is 6.03. The largest absolute Gasteiger partial charge is 0.0842 e. The van der Waals surface area contributed by atoms with Gasteiger partial charge in [0.15, 0.2) is 0 Å².